The Kier molecular flexibility index (Phi) is 8.43. The van der Waals surface area contributed by atoms with Gasteiger partial charge in [-0.05, 0) is 44.5 Å². The van der Waals surface area contributed by atoms with Crippen molar-refractivity contribution in [1.29, 1.82) is 0 Å². The van der Waals surface area contributed by atoms with E-state index in [0.717, 1.165) is 22.3 Å². The van der Waals surface area contributed by atoms with Crippen molar-refractivity contribution in [1.82, 2.24) is 34.3 Å². The van der Waals surface area contributed by atoms with Crippen LogP contribution in [0.5, 0.6) is 0 Å². The van der Waals surface area contributed by atoms with Crippen LogP contribution in [0.4, 0.5) is 13.2 Å². The average molecular weight is 601 g/mol. The largest absolute Gasteiger partial charge is 0.500 e. The van der Waals surface area contributed by atoms with E-state index >= 15 is 0 Å². The van der Waals surface area contributed by atoms with Crippen molar-refractivity contribution in [3.8, 4) is 11.4 Å². The Labute approximate surface area is 247 Å². The Morgan fingerprint density at radius 3 is 2.56 bits per heavy atom. The van der Waals surface area contributed by atoms with Crippen molar-refractivity contribution in [3.63, 3.8) is 0 Å². The number of hydrogen-bond donors (Lipinski definition) is 1. The molecule has 0 bridgehead atoms. The van der Waals surface area contributed by atoms with E-state index in [0.29, 0.717) is 35.9 Å². The van der Waals surface area contributed by atoms with Crippen molar-refractivity contribution < 1.29 is 27.5 Å². The highest BCUT2D eigenvalue weighted by molar-refractivity contribution is 6.06. The summed E-state index contributed by atoms with van der Waals surface area (Å²) >= 11 is 0. The molecule has 2 aliphatic rings. The third-order valence-corrected chi connectivity index (χ3v) is 8.19. The number of aryl methyl sites for hydroxylation is 1. The quantitative estimate of drug-likeness (QED) is 0.423. The van der Waals surface area contributed by atoms with Crippen LogP contribution < -0.4 is 5.32 Å². The number of aliphatic imine (C=N–C) groups is 1. The summed E-state index contributed by atoms with van der Waals surface area (Å²) in [6.45, 7) is 6.11. The lowest BCUT2D eigenvalue weighted by Crippen LogP contribution is -2.50. The summed E-state index contributed by atoms with van der Waals surface area (Å²) < 4.78 is 48.0. The second-order valence-electron chi connectivity index (χ2n) is 11.0. The average Bonchev–Trinajstić information content (AvgIpc) is 3.56. The van der Waals surface area contributed by atoms with Gasteiger partial charge in [0.05, 0.1) is 19.2 Å². The van der Waals surface area contributed by atoms with Gasteiger partial charge in [-0.25, -0.2) is 14.7 Å². The van der Waals surface area contributed by atoms with Gasteiger partial charge in [0.25, 0.3) is 11.8 Å². The number of fused-ring (bicyclic) bond motifs is 1. The SMILES string of the molecule is COC1=CC(C)=NC(=O)C1CNC(=O)c1cc2c(-c3ncnn3C)ccn2c(C(C)N2CCN(CC(F)(F)F)CC2)c1C. The summed E-state index contributed by atoms with van der Waals surface area (Å²) in [6, 6.07) is 3.49. The maximum atomic E-state index is 13.7. The normalized spacial score (nSPS) is 19.3. The molecule has 2 aliphatic heterocycles. The molecule has 2 amide bonds. The first-order valence-electron chi connectivity index (χ1n) is 14.0. The molecule has 3 aromatic rings. The molecule has 1 N–H and O–H groups in total. The number of rotatable bonds is 8. The van der Waals surface area contributed by atoms with Gasteiger partial charge >= 0.3 is 6.18 Å². The molecule has 0 radical (unpaired) electrons. The highest BCUT2D eigenvalue weighted by Gasteiger charge is 2.34. The summed E-state index contributed by atoms with van der Waals surface area (Å²) in [6.07, 6.45) is 0.803. The van der Waals surface area contributed by atoms with Gasteiger partial charge in [0.15, 0.2) is 5.82 Å². The minimum atomic E-state index is -4.24. The van der Waals surface area contributed by atoms with E-state index in [1.165, 1.54) is 18.3 Å². The van der Waals surface area contributed by atoms with Crippen LogP contribution >= 0.6 is 0 Å². The molecule has 5 rings (SSSR count). The first kappa shape index (κ1) is 30.4. The van der Waals surface area contributed by atoms with Crippen LogP contribution in [0.3, 0.4) is 0 Å². The van der Waals surface area contributed by atoms with Gasteiger partial charge in [0, 0.05) is 74.5 Å². The Hall–Kier alpha value is -4.04. The number of carbonyl (C=O) groups excluding carboxylic acids is 2. The maximum absolute atomic E-state index is 13.7. The number of pyridine rings is 1. The van der Waals surface area contributed by atoms with Crippen LogP contribution in [0.2, 0.25) is 0 Å². The van der Waals surface area contributed by atoms with Crippen molar-refractivity contribution in [2.24, 2.45) is 18.0 Å². The van der Waals surface area contributed by atoms with Gasteiger partial charge in [-0.1, -0.05) is 0 Å². The van der Waals surface area contributed by atoms with Crippen LogP contribution in [-0.2, 0) is 16.6 Å². The second kappa shape index (κ2) is 11.9. The van der Waals surface area contributed by atoms with E-state index in [4.69, 9.17) is 4.74 Å². The lowest BCUT2D eigenvalue weighted by atomic mass is 9.99. The lowest BCUT2D eigenvalue weighted by Gasteiger charge is -2.39. The standard InChI is InChI=1S/C29H35F3N8O3/c1-17-12-24(43-5)22(28(42)36-17)14-33-27(41)21-13-23-20(26-34-16-35-37(26)4)6-7-40(23)25(18(21)2)19(3)39-10-8-38(9-11-39)15-29(30,31)32/h6-7,12-13,16,19,22H,8-11,14-15H2,1-5H3,(H,33,41). The van der Waals surface area contributed by atoms with Crippen LogP contribution in [0, 0.1) is 12.8 Å². The van der Waals surface area contributed by atoms with Crippen molar-refractivity contribution in [3.05, 3.63) is 53.3 Å². The number of carbonyl (C=O) groups is 2. The van der Waals surface area contributed by atoms with Crippen molar-refractivity contribution in [2.45, 2.75) is 33.0 Å². The first-order valence-corrected chi connectivity index (χ1v) is 14.0. The highest BCUT2D eigenvalue weighted by Crippen LogP contribution is 2.33. The smallest absolute Gasteiger partial charge is 0.401 e. The summed E-state index contributed by atoms with van der Waals surface area (Å²) in [5.74, 6) is -0.453. The Balaban J connectivity index is 1.48. The van der Waals surface area contributed by atoms with E-state index < -0.39 is 18.6 Å². The number of amides is 2. The van der Waals surface area contributed by atoms with E-state index in [2.05, 4.69) is 25.3 Å². The van der Waals surface area contributed by atoms with Gasteiger partial charge in [0.1, 0.15) is 18.0 Å². The molecule has 14 heteroatoms. The van der Waals surface area contributed by atoms with E-state index in [9.17, 15) is 22.8 Å². The zero-order chi connectivity index (χ0) is 31.1. The number of allylic oxidation sites excluding steroid dienone is 1. The van der Waals surface area contributed by atoms with Crippen molar-refractivity contribution in [2.75, 3.05) is 46.4 Å². The van der Waals surface area contributed by atoms with Crippen LogP contribution in [0.15, 0.2) is 41.5 Å². The van der Waals surface area contributed by atoms with Gasteiger partial charge in [-0.15, -0.1) is 0 Å². The van der Waals surface area contributed by atoms with E-state index in [-0.39, 0.29) is 37.5 Å². The fraction of sp³-hybridized carbons (Fsp3) is 0.483. The number of methoxy groups -OCH3 is 1. The monoisotopic (exact) mass is 600 g/mol. The summed E-state index contributed by atoms with van der Waals surface area (Å²) in [5, 5.41) is 7.09. The molecular weight excluding hydrogens is 565 g/mol. The number of nitrogens with zero attached hydrogens (tertiary/aromatic N) is 7. The van der Waals surface area contributed by atoms with E-state index in [1.54, 1.807) is 30.8 Å². The molecule has 0 spiro atoms. The number of dihydropyridines is 1. The molecule has 3 aromatic heterocycles. The molecule has 1 saturated heterocycles. The third-order valence-electron chi connectivity index (χ3n) is 8.19. The molecule has 5 heterocycles. The topological polar surface area (TPSA) is 109 Å². The van der Waals surface area contributed by atoms with Gasteiger partial charge in [0.2, 0.25) is 0 Å². The Morgan fingerprint density at radius 2 is 1.93 bits per heavy atom. The minimum Gasteiger partial charge on any atom is -0.500 e. The van der Waals surface area contributed by atoms with Gasteiger partial charge in [-0.3, -0.25) is 19.4 Å². The third kappa shape index (κ3) is 6.20. The zero-order valence-electron chi connectivity index (χ0n) is 24.8. The maximum Gasteiger partial charge on any atom is 0.401 e. The predicted molar refractivity (Wildman–Crippen MR) is 154 cm³/mol. The molecule has 0 aliphatic carbocycles. The molecule has 43 heavy (non-hydrogen) atoms. The summed E-state index contributed by atoms with van der Waals surface area (Å²) in [4.78, 5) is 38.3. The highest BCUT2D eigenvalue weighted by atomic mass is 19.4. The number of halogens is 3. The molecule has 0 aromatic carbocycles. The molecule has 11 nitrogen and oxygen atoms in total. The Morgan fingerprint density at radius 1 is 1.21 bits per heavy atom. The molecular formula is C29H35F3N8O3. The number of ether oxygens (including phenoxy) is 1. The minimum absolute atomic E-state index is 0.00193. The fourth-order valence-electron chi connectivity index (χ4n) is 5.97. The number of aromatic nitrogens is 4. The van der Waals surface area contributed by atoms with Crippen LogP contribution in [0.25, 0.3) is 16.9 Å². The number of hydrogen-bond acceptors (Lipinski definition) is 7. The number of alkyl halides is 3. The molecule has 230 valence electrons. The molecule has 1 fully saturated rings. The van der Waals surface area contributed by atoms with Crippen LogP contribution in [-0.4, -0.2) is 99.0 Å². The van der Waals surface area contributed by atoms with Crippen molar-refractivity contribution >= 4 is 23.0 Å². The lowest BCUT2D eigenvalue weighted by molar-refractivity contribution is -0.149. The molecule has 2 atom stereocenters. The van der Waals surface area contributed by atoms with Gasteiger partial charge in [-0.2, -0.15) is 18.3 Å². The molecule has 0 saturated carbocycles. The second-order valence-corrected chi connectivity index (χ2v) is 11.0. The summed E-state index contributed by atoms with van der Waals surface area (Å²) in [7, 11) is 3.26. The zero-order valence-corrected chi connectivity index (χ0v) is 24.8. The van der Waals surface area contributed by atoms with Gasteiger partial charge < -0.3 is 14.5 Å². The number of piperazine rings is 1. The first-order chi connectivity index (χ1) is 20.4. The summed E-state index contributed by atoms with van der Waals surface area (Å²) in [5.41, 5.74) is 4.02. The Bertz CT molecular complexity index is 1600. The van der Waals surface area contributed by atoms with Crippen LogP contribution in [0.1, 0.15) is 41.5 Å². The van der Waals surface area contributed by atoms with E-state index in [1.807, 2.05) is 30.5 Å². The predicted octanol–water partition coefficient (Wildman–Crippen LogP) is 3.16. The molecule has 2 unspecified atom stereocenters. The fourth-order valence-corrected chi connectivity index (χ4v) is 5.97. The number of nitrogens with one attached hydrogen (secondary N) is 1.